The lowest BCUT2D eigenvalue weighted by Gasteiger charge is -1.95. The summed E-state index contributed by atoms with van der Waals surface area (Å²) in [5.74, 6) is 0. The van der Waals surface area contributed by atoms with E-state index >= 15 is 0 Å². The molecule has 0 rings (SSSR count). The van der Waals surface area contributed by atoms with Crippen LogP contribution in [-0.2, 0) is 0 Å². The van der Waals surface area contributed by atoms with Gasteiger partial charge in [-0.05, 0) is 13.3 Å². The molecular weight excluding hydrogens is 112 g/mol. The van der Waals surface area contributed by atoms with Gasteiger partial charge in [0.2, 0.25) is 0 Å². The fraction of sp³-hybridized carbons (Fsp3) is 1.00. The van der Waals surface area contributed by atoms with Gasteiger partial charge >= 0.3 is 0 Å². The molecule has 58 valence electrons. The Morgan fingerprint density at radius 1 is 1.22 bits per heavy atom. The zero-order valence-electron chi connectivity index (χ0n) is 7.15. The summed E-state index contributed by atoms with van der Waals surface area (Å²) in [6.45, 7) is 8.12. The maximum atomic E-state index is 8.55. The van der Waals surface area contributed by atoms with E-state index in [0.717, 1.165) is 12.8 Å². The minimum atomic E-state index is -0.102. The molecule has 0 saturated heterocycles. The maximum Gasteiger partial charge on any atom is 0.0512 e. The van der Waals surface area contributed by atoms with Crippen molar-refractivity contribution in [3.63, 3.8) is 0 Å². The van der Waals surface area contributed by atoms with E-state index in [4.69, 9.17) is 5.11 Å². The van der Waals surface area contributed by atoms with Crippen molar-refractivity contribution in [1.29, 1.82) is 0 Å². The summed E-state index contributed by atoms with van der Waals surface area (Å²) in [7, 11) is 0. The normalized spacial score (nSPS) is 11.7. The van der Waals surface area contributed by atoms with E-state index in [0.29, 0.717) is 0 Å². The molecule has 0 aromatic carbocycles. The van der Waals surface area contributed by atoms with Crippen molar-refractivity contribution in [2.24, 2.45) is 0 Å². The fourth-order valence-corrected chi connectivity index (χ4v) is 0.418. The van der Waals surface area contributed by atoms with Crippen LogP contribution in [-0.4, -0.2) is 11.2 Å². The summed E-state index contributed by atoms with van der Waals surface area (Å²) in [4.78, 5) is 0. The van der Waals surface area contributed by atoms with E-state index < -0.39 is 0 Å². The fourth-order valence-electron chi connectivity index (χ4n) is 0.418. The van der Waals surface area contributed by atoms with Crippen molar-refractivity contribution >= 4 is 0 Å². The summed E-state index contributed by atoms with van der Waals surface area (Å²) in [6, 6.07) is 0. The van der Waals surface area contributed by atoms with Gasteiger partial charge in [-0.15, -0.1) is 0 Å². The van der Waals surface area contributed by atoms with Crippen LogP contribution in [0.2, 0.25) is 0 Å². The SMILES string of the molecule is CCC.CCC[C@H](C)O. The van der Waals surface area contributed by atoms with Crippen LogP contribution >= 0.6 is 0 Å². The highest BCUT2D eigenvalue weighted by molar-refractivity contribution is 4.40. The number of aliphatic hydroxyl groups is 1. The molecule has 0 aromatic heterocycles. The summed E-state index contributed by atoms with van der Waals surface area (Å²) >= 11 is 0. The highest BCUT2D eigenvalue weighted by Crippen LogP contribution is 1.91. The van der Waals surface area contributed by atoms with Gasteiger partial charge in [0.05, 0.1) is 6.10 Å². The molecular formula is C8H20O. The average molecular weight is 132 g/mol. The molecule has 0 heterocycles. The Kier molecular flexibility index (Phi) is 14.1. The van der Waals surface area contributed by atoms with E-state index in [9.17, 15) is 0 Å². The molecule has 1 N–H and O–H groups in total. The van der Waals surface area contributed by atoms with Crippen LogP contribution in [0.5, 0.6) is 0 Å². The lowest BCUT2D eigenvalue weighted by molar-refractivity contribution is 0.183. The molecule has 1 nitrogen and oxygen atoms in total. The molecule has 0 aromatic rings. The molecule has 1 heteroatoms. The Morgan fingerprint density at radius 2 is 1.56 bits per heavy atom. The monoisotopic (exact) mass is 132 g/mol. The minimum Gasteiger partial charge on any atom is -0.393 e. The van der Waals surface area contributed by atoms with Crippen LogP contribution in [0.4, 0.5) is 0 Å². The summed E-state index contributed by atoms with van der Waals surface area (Å²) < 4.78 is 0. The van der Waals surface area contributed by atoms with Crippen LogP contribution in [0.1, 0.15) is 47.0 Å². The third-order valence-electron chi connectivity index (χ3n) is 0.706. The average Bonchev–Trinajstić information content (AvgIpc) is 1.67. The molecule has 0 aliphatic rings. The predicted molar refractivity (Wildman–Crippen MR) is 42.6 cm³/mol. The molecule has 0 spiro atoms. The van der Waals surface area contributed by atoms with Gasteiger partial charge in [0.15, 0.2) is 0 Å². The highest BCUT2D eigenvalue weighted by Gasteiger charge is 1.87. The van der Waals surface area contributed by atoms with Crippen molar-refractivity contribution in [2.45, 2.75) is 53.1 Å². The standard InChI is InChI=1S/C5H12O.C3H8/c1-3-4-5(2)6;1-3-2/h5-6H,3-4H2,1-2H3;3H2,1-2H3/t5-;/m0./s1. The first-order valence-corrected chi connectivity index (χ1v) is 3.87. The van der Waals surface area contributed by atoms with Crippen molar-refractivity contribution in [2.75, 3.05) is 0 Å². The van der Waals surface area contributed by atoms with Gasteiger partial charge in [-0.2, -0.15) is 0 Å². The lowest BCUT2D eigenvalue weighted by Crippen LogP contribution is -1.95. The van der Waals surface area contributed by atoms with Crippen LogP contribution in [0.3, 0.4) is 0 Å². The lowest BCUT2D eigenvalue weighted by atomic mass is 10.2. The molecule has 0 aliphatic heterocycles. The van der Waals surface area contributed by atoms with Gasteiger partial charge < -0.3 is 5.11 Å². The summed E-state index contributed by atoms with van der Waals surface area (Å²) in [5, 5.41) is 8.55. The third kappa shape index (κ3) is 32.3. The minimum absolute atomic E-state index is 0.102. The molecule has 0 aliphatic carbocycles. The Bertz CT molecular complexity index is 33.5. The van der Waals surface area contributed by atoms with E-state index in [1.165, 1.54) is 6.42 Å². The largest absolute Gasteiger partial charge is 0.393 e. The second kappa shape index (κ2) is 10.9. The van der Waals surface area contributed by atoms with Crippen LogP contribution in [0, 0.1) is 0 Å². The van der Waals surface area contributed by atoms with Gasteiger partial charge in [0, 0.05) is 0 Å². The number of aliphatic hydroxyl groups excluding tert-OH is 1. The van der Waals surface area contributed by atoms with Crippen molar-refractivity contribution in [3.8, 4) is 0 Å². The van der Waals surface area contributed by atoms with Gasteiger partial charge in [-0.25, -0.2) is 0 Å². The Balaban J connectivity index is 0. The maximum absolute atomic E-state index is 8.55. The van der Waals surface area contributed by atoms with E-state index in [1.54, 1.807) is 0 Å². The molecule has 0 fully saturated rings. The molecule has 9 heavy (non-hydrogen) atoms. The topological polar surface area (TPSA) is 20.2 Å². The molecule has 0 unspecified atom stereocenters. The molecule has 1 atom stereocenters. The van der Waals surface area contributed by atoms with Gasteiger partial charge in [-0.3, -0.25) is 0 Å². The Morgan fingerprint density at radius 3 is 1.56 bits per heavy atom. The van der Waals surface area contributed by atoms with Crippen LogP contribution in [0.25, 0.3) is 0 Å². The summed E-state index contributed by atoms with van der Waals surface area (Å²) in [5.41, 5.74) is 0. The number of hydrogen-bond donors (Lipinski definition) is 1. The molecule has 0 radical (unpaired) electrons. The predicted octanol–water partition coefficient (Wildman–Crippen LogP) is 2.58. The number of hydrogen-bond acceptors (Lipinski definition) is 1. The molecule has 0 saturated carbocycles. The van der Waals surface area contributed by atoms with Crippen molar-refractivity contribution in [1.82, 2.24) is 0 Å². The van der Waals surface area contributed by atoms with Gasteiger partial charge in [-0.1, -0.05) is 33.6 Å². The number of rotatable bonds is 2. The van der Waals surface area contributed by atoms with E-state index in [1.807, 2.05) is 6.92 Å². The highest BCUT2D eigenvalue weighted by atomic mass is 16.3. The first-order chi connectivity index (χ1) is 4.18. The van der Waals surface area contributed by atoms with Gasteiger partial charge in [0.1, 0.15) is 0 Å². The molecule has 0 bridgehead atoms. The van der Waals surface area contributed by atoms with Crippen molar-refractivity contribution < 1.29 is 5.11 Å². The smallest absolute Gasteiger partial charge is 0.0512 e. The summed E-state index contributed by atoms with van der Waals surface area (Å²) in [6.07, 6.45) is 3.16. The first kappa shape index (κ1) is 11.7. The second-order valence-electron chi connectivity index (χ2n) is 2.34. The van der Waals surface area contributed by atoms with Crippen molar-refractivity contribution in [3.05, 3.63) is 0 Å². The quantitative estimate of drug-likeness (QED) is 0.612. The van der Waals surface area contributed by atoms with Crippen LogP contribution < -0.4 is 0 Å². The van der Waals surface area contributed by atoms with Gasteiger partial charge in [0.25, 0.3) is 0 Å². The molecule has 0 amide bonds. The Labute approximate surface area is 59.1 Å². The Hall–Kier alpha value is -0.0400. The third-order valence-corrected chi connectivity index (χ3v) is 0.706. The van der Waals surface area contributed by atoms with Crippen LogP contribution in [0.15, 0.2) is 0 Å². The van der Waals surface area contributed by atoms with E-state index in [2.05, 4.69) is 20.8 Å². The second-order valence-corrected chi connectivity index (χ2v) is 2.34. The first-order valence-electron chi connectivity index (χ1n) is 3.87. The van der Waals surface area contributed by atoms with E-state index in [-0.39, 0.29) is 6.10 Å². The zero-order valence-corrected chi connectivity index (χ0v) is 7.15. The zero-order chi connectivity index (χ0) is 7.70.